The summed E-state index contributed by atoms with van der Waals surface area (Å²) in [5.41, 5.74) is 5.57. The first-order chi connectivity index (χ1) is 15.7. The number of hydrogen-bond donors (Lipinski definition) is 2. The van der Waals surface area contributed by atoms with Crippen LogP contribution in [0.2, 0.25) is 0 Å². The van der Waals surface area contributed by atoms with Crippen molar-refractivity contribution in [3.8, 4) is 11.1 Å². The minimum atomic E-state index is -0.304. The Kier molecular flexibility index (Phi) is 7.70. The molecule has 2 N–H and O–H groups in total. The first-order valence-corrected chi connectivity index (χ1v) is 11.7. The molecule has 3 aromatic rings. The molecule has 0 aliphatic carbocycles. The van der Waals surface area contributed by atoms with Crippen LogP contribution in [0.4, 0.5) is 5.69 Å². The summed E-state index contributed by atoms with van der Waals surface area (Å²) in [4.78, 5) is 15.5. The molecule has 0 unspecified atom stereocenters. The van der Waals surface area contributed by atoms with Gasteiger partial charge in [0, 0.05) is 24.3 Å². The van der Waals surface area contributed by atoms with Crippen molar-refractivity contribution in [1.82, 2.24) is 10.2 Å². The summed E-state index contributed by atoms with van der Waals surface area (Å²) in [6.45, 7) is 5.96. The van der Waals surface area contributed by atoms with E-state index in [-0.39, 0.29) is 11.9 Å². The number of piperidine rings is 1. The van der Waals surface area contributed by atoms with Crippen LogP contribution >= 0.6 is 0 Å². The molecule has 4 rings (SSSR count). The van der Waals surface area contributed by atoms with Crippen molar-refractivity contribution in [1.29, 1.82) is 0 Å². The van der Waals surface area contributed by atoms with Gasteiger partial charge in [0.1, 0.15) is 0 Å². The normalized spacial score (nSPS) is 15.3. The number of para-hydroxylation sites is 1. The molecule has 4 nitrogen and oxygen atoms in total. The number of nitrogens with one attached hydrogen (secondary N) is 2. The molecule has 1 aliphatic rings. The van der Waals surface area contributed by atoms with E-state index in [1.54, 1.807) is 0 Å². The molecule has 1 atom stereocenters. The molecule has 1 fully saturated rings. The minimum absolute atomic E-state index is 0.0260. The smallest absolute Gasteiger partial charge is 0.241 e. The monoisotopic (exact) mass is 427 g/mol. The maximum atomic E-state index is 12.9. The molecular formula is C28H33N3O. The van der Waals surface area contributed by atoms with Gasteiger partial charge in [0.15, 0.2) is 0 Å². The van der Waals surface area contributed by atoms with E-state index in [2.05, 4.69) is 51.9 Å². The van der Waals surface area contributed by atoms with Gasteiger partial charge in [0.25, 0.3) is 0 Å². The summed E-state index contributed by atoms with van der Waals surface area (Å²) in [5, 5.41) is 6.54. The number of hydrogen-bond acceptors (Lipinski definition) is 3. The van der Waals surface area contributed by atoms with Gasteiger partial charge in [-0.3, -0.25) is 9.69 Å². The van der Waals surface area contributed by atoms with Crippen molar-refractivity contribution < 1.29 is 4.79 Å². The van der Waals surface area contributed by atoms with Gasteiger partial charge < -0.3 is 10.6 Å². The number of carbonyl (C=O) groups is 1. The van der Waals surface area contributed by atoms with Gasteiger partial charge in [-0.05, 0) is 55.6 Å². The Morgan fingerprint density at radius 2 is 1.50 bits per heavy atom. The molecule has 0 saturated carbocycles. The Balaban J connectivity index is 1.37. The lowest BCUT2D eigenvalue weighted by Gasteiger charge is -2.27. The summed E-state index contributed by atoms with van der Waals surface area (Å²) in [6, 6.07) is 26.4. The molecule has 3 aromatic carbocycles. The van der Waals surface area contributed by atoms with Crippen LogP contribution in [0.5, 0.6) is 0 Å². The standard InChI is InChI=1S/C28H33N3O/c1-22(28(32)30-27-17-9-8-16-26(27)23-12-4-2-5-13-23)29-20-24-14-6-7-15-25(24)21-31-18-10-3-11-19-31/h2,4-9,12-17,22,29H,3,10-11,18-21H2,1H3,(H,30,32)/t22-/m0/s1. The van der Waals surface area contributed by atoms with Gasteiger partial charge in [-0.25, -0.2) is 0 Å². The second kappa shape index (κ2) is 11.1. The number of likely N-dealkylation sites (tertiary alicyclic amines) is 1. The molecule has 32 heavy (non-hydrogen) atoms. The number of anilines is 1. The average molecular weight is 428 g/mol. The Morgan fingerprint density at radius 1 is 0.844 bits per heavy atom. The Hall–Kier alpha value is -2.95. The summed E-state index contributed by atoms with van der Waals surface area (Å²) < 4.78 is 0. The zero-order valence-corrected chi connectivity index (χ0v) is 18.9. The first-order valence-electron chi connectivity index (χ1n) is 11.7. The van der Waals surface area contributed by atoms with Gasteiger partial charge in [-0.1, -0.05) is 79.2 Å². The largest absolute Gasteiger partial charge is 0.324 e. The number of carbonyl (C=O) groups excluding carboxylic acids is 1. The van der Waals surface area contributed by atoms with E-state index < -0.39 is 0 Å². The summed E-state index contributed by atoms with van der Waals surface area (Å²) in [7, 11) is 0. The number of nitrogens with zero attached hydrogens (tertiary/aromatic N) is 1. The lowest BCUT2D eigenvalue weighted by atomic mass is 10.0. The zero-order valence-electron chi connectivity index (χ0n) is 18.9. The predicted molar refractivity (Wildman–Crippen MR) is 132 cm³/mol. The van der Waals surface area contributed by atoms with Crippen LogP contribution in [0, 0.1) is 0 Å². The highest BCUT2D eigenvalue weighted by Gasteiger charge is 2.16. The maximum absolute atomic E-state index is 12.9. The van der Waals surface area contributed by atoms with Crippen molar-refractivity contribution in [3.63, 3.8) is 0 Å². The van der Waals surface area contributed by atoms with Crippen molar-refractivity contribution >= 4 is 11.6 Å². The van der Waals surface area contributed by atoms with Crippen LogP contribution in [-0.4, -0.2) is 29.9 Å². The second-order valence-electron chi connectivity index (χ2n) is 8.61. The summed E-state index contributed by atoms with van der Waals surface area (Å²) in [6.07, 6.45) is 3.93. The number of amides is 1. The molecule has 0 spiro atoms. The zero-order chi connectivity index (χ0) is 22.2. The topological polar surface area (TPSA) is 44.4 Å². The van der Waals surface area contributed by atoms with E-state index in [1.807, 2.05) is 49.4 Å². The third kappa shape index (κ3) is 5.84. The fourth-order valence-electron chi connectivity index (χ4n) is 4.30. The molecule has 1 aliphatic heterocycles. The summed E-state index contributed by atoms with van der Waals surface area (Å²) in [5.74, 6) is -0.0260. The van der Waals surface area contributed by atoms with E-state index >= 15 is 0 Å². The Bertz CT molecular complexity index is 1010. The molecule has 166 valence electrons. The first kappa shape index (κ1) is 22.3. The molecule has 0 radical (unpaired) electrons. The van der Waals surface area contributed by atoms with Gasteiger partial charge in [-0.15, -0.1) is 0 Å². The SMILES string of the molecule is C[C@H](NCc1ccccc1CN1CCCCC1)C(=O)Nc1ccccc1-c1ccccc1. The van der Waals surface area contributed by atoms with Crippen LogP contribution in [-0.2, 0) is 17.9 Å². The molecule has 1 saturated heterocycles. The van der Waals surface area contributed by atoms with E-state index in [9.17, 15) is 4.79 Å². The lowest BCUT2D eigenvalue weighted by Crippen LogP contribution is -2.38. The van der Waals surface area contributed by atoms with Gasteiger partial charge in [0.05, 0.1) is 6.04 Å². The predicted octanol–water partition coefficient (Wildman–Crippen LogP) is 5.46. The van der Waals surface area contributed by atoms with Crippen molar-refractivity contribution in [2.24, 2.45) is 0 Å². The van der Waals surface area contributed by atoms with Crippen molar-refractivity contribution in [2.75, 3.05) is 18.4 Å². The Labute approximate surface area is 191 Å². The third-order valence-electron chi connectivity index (χ3n) is 6.22. The number of rotatable bonds is 8. The highest BCUT2D eigenvalue weighted by molar-refractivity contribution is 5.98. The van der Waals surface area contributed by atoms with E-state index in [4.69, 9.17) is 0 Å². The third-order valence-corrected chi connectivity index (χ3v) is 6.22. The molecule has 0 aromatic heterocycles. The van der Waals surface area contributed by atoms with Gasteiger partial charge >= 0.3 is 0 Å². The van der Waals surface area contributed by atoms with E-state index in [1.165, 1.54) is 43.5 Å². The quantitative estimate of drug-likeness (QED) is 0.502. The Morgan fingerprint density at radius 3 is 2.28 bits per heavy atom. The minimum Gasteiger partial charge on any atom is -0.324 e. The van der Waals surface area contributed by atoms with E-state index in [0.29, 0.717) is 6.54 Å². The van der Waals surface area contributed by atoms with Crippen LogP contribution in [0.3, 0.4) is 0 Å². The molecule has 0 bridgehead atoms. The summed E-state index contributed by atoms with van der Waals surface area (Å²) >= 11 is 0. The van der Waals surface area contributed by atoms with Gasteiger partial charge in [0.2, 0.25) is 5.91 Å². The molecular weight excluding hydrogens is 394 g/mol. The van der Waals surface area contributed by atoms with Crippen molar-refractivity contribution in [2.45, 2.75) is 45.3 Å². The van der Waals surface area contributed by atoms with Crippen LogP contribution in [0.1, 0.15) is 37.3 Å². The molecule has 4 heteroatoms. The highest BCUT2D eigenvalue weighted by Crippen LogP contribution is 2.27. The lowest BCUT2D eigenvalue weighted by molar-refractivity contribution is -0.117. The van der Waals surface area contributed by atoms with Gasteiger partial charge in [-0.2, -0.15) is 0 Å². The van der Waals surface area contributed by atoms with Crippen LogP contribution < -0.4 is 10.6 Å². The second-order valence-corrected chi connectivity index (χ2v) is 8.61. The molecule has 1 heterocycles. The fourth-order valence-corrected chi connectivity index (χ4v) is 4.30. The van der Waals surface area contributed by atoms with E-state index in [0.717, 1.165) is 23.4 Å². The van der Waals surface area contributed by atoms with Crippen molar-refractivity contribution in [3.05, 3.63) is 90.0 Å². The number of benzene rings is 3. The van der Waals surface area contributed by atoms with Crippen LogP contribution in [0.25, 0.3) is 11.1 Å². The molecule has 1 amide bonds. The average Bonchev–Trinajstić information content (AvgIpc) is 2.85. The maximum Gasteiger partial charge on any atom is 0.241 e. The van der Waals surface area contributed by atoms with Crippen LogP contribution in [0.15, 0.2) is 78.9 Å². The fraction of sp³-hybridized carbons (Fsp3) is 0.321. The highest BCUT2D eigenvalue weighted by atomic mass is 16.2.